The number of rotatable bonds is 2. The average Bonchev–Trinajstić information content (AvgIpc) is 3.01. The van der Waals surface area contributed by atoms with Gasteiger partial charge < -0.3 is 15.7 Å². The second-order valence-corrected chi connectivity index (χ2v) is 6.13. The van der Waals surface area contributed by atoms with Gasteiger partial charge in [-0.15, -0.1) is 0 Å². The molecule has 1 aromatic rings. The standard InChI is InChI=1S/C16H22N2O2/c1-9-6-7-13(10(2)15(9)19)18-16(20)14-12-5-3-4-11(12)8-17-14/h6-7,11-12,14,17,19H,3-5,8H2,1-2H3,(H,18,20). The van der Waals surface area contributed by atoms with Crippen molar-refractivity contribution in [3.63, 3.8) is 0 Å². The van der Waals surface area contributed by atoms with Crippen molar-refractivity contribution in [2.75, 3.05) is 11.9 Å². The number of nitrogens with one attached hydrogen (secondary N) is 2. The molecule has 0 aromatic heterocycles. The van der Waals surface area contributed by atoms with Gasteiger partial charge in [-0.3, -0.25) is 4.79 Å². The molecular formula is C16H22N2O2. The molecule has 3 atom stereocenters. The molecule has 2 fully saturated rings. The quantitative estimate of drug-likeness (QED) is 0.775. The molecule has 20 heavy (non-hydrogen) atoms. The summed E-state index contributed by atoms with van der Waals surface area (Å²) in [6, 6.07) is 3.62. The van der Waals surface area contributed by atoms with E-state index in [0.717, 1.165) is 24.1 Å². The van der Waals surface area contributed by atoms with Crippen molar-refractivity contribution in [1.29, 1.82) is 0 Å². The highest BCUT2D eigenvalue weighted by atomic mass is 16.3. The van der Waals surface area contributed by atoms with Gasteiger partial charge in [0.1, 0.15) is 5.75 Å². The van der Waals surface area contributed by atoms with Gasteiger partial charge >= 0.3 is 0 Å². The zero-order chi connectivity index (χ0) is 14.3. The van der Waals surface area contributed by atoms with E-state index in [9.17, 15) is 9.90 Å². The molecule has 2 aliphatic rings. The van der Waals surface area contributed by atoms with E-state index in [2.05, 4.69) is 10.6 Å². The van der Waals surface area contributed by atoms with E-state index in [1.807, 2.05) is 26.0 Å². The van der Waals surface area contributed by atoms with Crippen molar-refractivity contribution >= 4 is 11.6 Å². The third-order valence-corrected chi connectivity index (χ3v) is 4.92. The first kappa shape index (κ1) is 13.4. The Bertz CT molecular complexity index is 542. The lowest BCUT2D eigenvalue weighted by molar-refractivity contribution is -0.118. The minimum Gasteiger partial charge on any atom is -0.507 e. The van der Waals surface area contributed by atoms with Gasteiger partial charge in [0.2, 0.25) is 5.91 Å². The molecule has 3 N–H and O–H groups in total. The van der Waals surface area contributed by atoms with Crippen LogP contribution >= 0.6 is 0 Å². The van der Waals surface area contributed by atoms with Crippen molar-refractivity contribution in [2.45, 2.75) is 39.2 Å². The lowest BCUT2D eigenvalue weighted by Gasteiger charge is -2.19. The summed E-state index contributed by atoms with van der Waals surface area (Å²) in [4.78, 5) is 12.5. The van der Waals surface area contributed by atoms with E-state index >= 15 is 0 Å². The van der Waals surface area contributed by atoms with Crippen LogP contribution < -0.4 is 10.6 Å². The maximum absolute atomic E-state index is 12.5. The maximum atomic E-state index is 12.5. The third-order valence-electron chi connectivity index (χ3n) is 4.92. The molecule has 0 spiro atoms. The summed E-state index contributed by atoms with van der Waals surface area (Å²) in [6.07, 6.45) is 3.63. The van der Waals surface area contributed by atoms with Crippen LogP contribution in [0.5, 0.6) is 5.75 Å². The molecule has 1 heterocycles. The van der Waals surface area contributed by atoms with Crippen molar-refractivity contribution in [1.82, 2.24) is 5.32 Å². The highest BCUT2D eigenvalue weighted by molar-refractivity contribution is 5.96. The molecule has 1 saturated heterocycles. The Morgan fingerprint density at radius 3 is 2.95 bits per heavy atom. The van der Waals surface area contributed by atoms with E-state index < -0.39 is 0 Å². The minimum atomic E-state index is -0.0784. The topological polar surface area (TPSA) is 61.4 Å². The fourth-order valence-electron chi connectivity index (χ4n) is 3.66. The average molecular weight is 274 g/mol. The van der Waals surface area contributed by atoms with Gasteiger partial charge in [0.25, 0.3) is 0 Å². The van der Waals surface area contributed by atoms with E-state index in [-0.39, 0.29) is 17.7 Å². The Labute approximate surface area is 119 Å². The fraction of sp³-hybridized carbons (Fsp3) is 0.562. The number of aryl methyl sites for hydroxylation is 1. The smallest absolute Gasteiger partial charge is 0.241 e. The summed E-state index contributed by atoms with van der Waals surface area (Å²) >= 11 is 0. The number of amides is 1. The first-order chi connectivity index (χ1) is 9.58. The third kappa shape index (κ3) is 2.18. The van der Waals surface area contributed by atoms with Gasteiger partial charge in [0, 0.05) is 11.3 Å². The Morgan fingerprint density at radius 2 is 2.15 bits per heavy atom. The van der Waals surface area contributed by atoms with E-state index in [1.54, 1.807) is 0 Å². The molecule has 3 rings (SSSR count). The van der Waals surface area contributed by atoms with Crippen LogP contribution in [0, 0.1) is 25.7 Å². The van der Waals surface area contributed by atoms with E-state index in [1.165, 1.54) is 12.8 Å². The van der Waals surface area contributed by atoms with Crippen molar-refractivity contribution in [3.8, 4) is 5.75 Å². The number of phenolic OH excluding ortho intramolecular Hbond substituents is 1. The summed E-state index contributed by atoms with van der Waals surface area (Å²) in [6.45, 7) is 4.65. The van der Waals surface area contributed by atoms with E-state index in [4.69, 9.17) is 0 Å². The van der Waals surface area contributed by atoms with Crippen LogP contribution in [0.1, 0.15) is 30.4 Å². The monoisotopic (exact) mass is 274 g/mol. The lowest BCUT2D eigenvalue weighted by Crippen LogP contribution is -2.39. The Kier molecular flexibility index (Phi) is 3.42. The summed E-state index contributed by atoms with van der Waals surface area (Å²) in [7, 11) is 0. The van der Waals surface area contributed by atoms with Crippen LogP contribution in [0.25, 0.3) is 0 Å². The zero-order valence-electron chi connectivity index (χ0n) is 12.1. The highest BCUT2D eigenvalue weighted by Gasteiger charge is 2.42. The number of hydrogen-bond donors (Lipinski definition) is 3. The Morgan fingerprint density at radius 1 is 1.35 bits per heavy atom. The number of carbonyl (C=O) groups excluding carboxylic acids is 1. The van der Waals surface area contributed by atoms with Crippen molar-refractivity contribution < 1.29 is 9.90 Å². The predicted octanol–water partition coefficient (Wildman–Crippen LogP) is 2.34. The first-order valence-corrected chi connectivity index (χ1v) is 7.41. The van der Waals surface area contributed by atoms with Gasteiger partial charge in [0.15, 0.2) is 0 Å². The number of phenols is 1. The highest BCUT2D eigenvalue weighted by Crippen LogP contribution is 2.38. The molecule has 108 valence electrons. The van der Waals surface area contributed by atoms with Gasteiger partial charge in [-0.05, 0) is 56.7 Å². The molecule has 1 aliphatic heterocycles. The van der Waals surface area contributed by atoms with E-state index in [0.29, 0.717) is 17.5 Å². The lowest BCUT2D eigenvalue weighted by atomic mass is 9.93. The van der Waals surface area contributed by atoms with Crippen LogP contribution in [0.15, 0.2) is 12.1 Å². The zero-order valence-corrected chi connectivity index (χ0v) is 12.1. The molecule has 3 unspecified atom stereocenters. The predicted molar refractivity (Wildman–Crippen MR) is 78.8 cm³/mol. The summed E-state index contributed by atoms with van der Waals surface area (Å²) in [5.41, 5.74) is 2.27. The number of carbonyl (C=O) groups is 1. The number of aromatic hydroxyl groups is 1. The maximum Gasteiger partial charge on any atom is 0.241 e. The van der Waals surface area contributed by atoms with Gasteiger partial charge in [0.05, 0.1) is 6.04 Å². The minimum absolute atomic E-state index is 0.0331. The molecule has 1 saturated carbocycles. The van der Waals surface area contributed by atoms with Crippen molar-refractivity contribution in [2.24, 2.45) is 11.8 Å². The fourth-order valence-corrected chi connectivity index (χ4v) is 3.66. The Balaban J connectivity index is 1.75. The Hall–Kier alpha value is -1.55. The molecule has 0 bridgehead atoms. The van der Waals surface area contributed by atoms with Crippen LogP contribution in [0.3, 0.4) is 0 Å². The number of hydrogen-bond acceptors (Lipinski definition) is 3. The van der Waals surface area contributed by atoms with Crippen LogP contribution in [0.4, 0.5) is 5.69 Å². The second kappa shape index (κ2) is 5.09. The number of benzene rings is 1. The summed E-state index contributed by atoms with van der Waals surface area (Å²) < 4.78 is 0. The van der Waals surface area contributed by atoms with Crippen LogP contribution in [0.2, 0.25) is 0 Å². The second-order valence-electron chi connectivity index (χ2n) is 6.13. The molecule has 1 aromatic carbocycles. The molecule has 0 radical (unpaired) electrons. The van der Waals surface area contributed by atoms with Crippen LogP contribution in [-0.4, -0.2) is 23.6 Å². The molecular weight excluding hydrogens is 252 g/mol. The first-order valence-electron chi connectivity index (χ1n) is 7.41. The molecule has 1 amide bonds. The van der Waals surface area contributed by atoms with Gasteiger partial charge in [-0.1, -0.05) is 12.5 Å². The number of anilines is 1. The van der Waals surface area contributed by atoms with Gasteiger partial charge in [-0.2, -0.15) is 0 Å². The SMILES string of the molecule is Cc1ccc(NC(=O)C2NCC3CCCC32)c(C)c1O. The number of fused-ring (bicyclic) bond motifs is 1. The molecule has 1 aliphatic carbocycles. The largest absolute Gasteiger partial charge is 0.507 e. The van der Waals surface area contributed by atoms with Crippen LogP contribution in [-0.2, 0) is 4.79 Å². The van der Waals surface area contributed by atoms with Gasteiger partial charge in [-0.25, -0.2) is 0 Å². The normalized spacial score (nSPS) is 28.4. The molecule has 4 nitrogen and oxygen atoms in total. The molecule has 4 heteroatoms. The van der Waals surface area contributed by atoms with Crippen molar-refractivity contribution in [3.05, 3.63) is 23.3 Å². The summed E-state index contributed by atoms with van der Waals surface area (Å²) in [5.74, 6) is 1.44. The summed E-state index contributed by atoms with van der Waals surface area (Å²) in [5, 5.41) is 16.3.